The summed E-state index contributed by atoms with van der Waals surface area (Å²) in [6.07, 6.45) is 12.9. The zero-order valence-corrected chi connectivity index (χ0v) is 15.1. The van der Waals surface area contributed by atoms with Gasteiger partial charge in [-0.3, -0.25) is 0 Å². The molecule has 0 bridgehead atoms. The summed E-state index contributed by atoms with van der Waals surface area (Å²) in [6, 6.07) is 0. The molecule has 0 amide bonds. The standard InChI is InChI=1S/C20H32O5/c1-2-3-4-5-6-7-10-15-16-12-14(25-19(16)13-18(15)22)9-8-11-17(21)20(23)24/h7,9-10,15-19,21-22H,2-6,8,11-13H2,1H3,(H,23,24). The summed E-state index contributed by atoms with van der Waals surface area (Å²) in [5.74, 6) is 0.139. The molecule has 5 heteroatoms. The molecule has 25 heavy (non-hydrogen) atoms. The van der Waals surface area contributed by atoms with Crippen LogP contribution in [0.15, 0.2) is 24.0 Å². The van der Waals surface area contributed by atoms with Crippen LogP contribution in [0.5, 0.6) is 0 Å². The van der Waals surface area contributed by atoms with Crippen LogP contribution in [0.25, 0.3) is 0 Å². The molecule has 1 saturated heterocycles. The fraction of sp³-hybridized carbons (Fsp3) is 0.750. The van der Waals surface area contributed by atoms with Crippen molar-refractivity contribution in [1.29, 1.82) is 0 Å². The number of unbranched alkanes of at least 4 members (excludes halogenated alkanes) is 4. The number of hydrogen-bond donors (Lipinski definition) is 3. The van der Waals surface area contributed by atoms with Crippen molar-refractivity contribution in [1.82, 2.24) is 0 Å². The maximum Gasteiger partial charge on any atom is 0.332 e. The highest BCUT2D eigenvalue weighted by Crippen LogP contribution is 2.45. The van der Waals surface area contributed by atoms with Crippen molar-refractivity contribution in [3.05, 3.63) is 24.0 Å². The molecule has 1 aliphatic carbocycles. The molecule has 0 aromatic carbocycles. The lowest BCUT2D eigenvalue weighted by molar-refractivity contribution is -0.146. The van der Waals surface area contributed by atoms with E-state index in [1.165, 1.54) is 25.7 Å². The third-order valence-electron chi connectivity index (χ3n) is 5.31. The first-order chi connectivity index (χ1) is 12.0. The Morgan fingerprint density at radius 3 is 2.84 bits per heavy atom. The second-order valence-corrected chi connectivity index (χ2v) is 7.28. The van der Waals surface area contributed by atoms with Gasteiger partial charge in [0, 0.05) is 24.7 Å². The molecular weight excluding hydrogens is 320 g/mol. The molecule has 1 saturated carbocycles. The third-order valence-corrected chi connectivity index (χ3v) is 5.31. The van der Waals surface area contributed by atoms with E-state index < -0.39 is 12.1 Å². The monoisotopic (exact) mass is 352 g/mol. The summed E-state index contributed by atoms with van der Waals surface area (Å²) in [7, 11) is 0. The first-order valence-corrected chi connectivity index (χ1v) is 9.64. The van der Waals surface area contributed by atoms with Crippen molar-refractivity contribution in [2.75, 3.05) is 0 Å². The van der Waals surface area contributed by atoms with Crippen molar-refractivity contribution in [3.8, 4) is 0 Å². The van der Waals surface area contributed by atoms with Gasteiger partial charge in [-0.2, -0.15) is 0 Å². The highest BCUT2D eigenvalue weighted by atomic mass is 16.5. The Labute approximate surface area is 150 Å². The number of hydrogen-bond acceptors (Lipinski definition) is 4. The van der Waals surface area contributed by atoms with E-state index in [4.69, 9.17) is 9.84 Å². The first kappa shape index (κ1) is 20.0. The van der Waals surface area contributed by atoms with E-state index in [9.17, 15) is 15.0 Å². The zero-order valence-electron chi connectivity index (χ0n) is 15.1. The van der Waals surface area contributed by atoms with Gasteiger partial charge in [0.2, 0.25) is 0 Å². The van der Waals surface area contributed by atoms with Gasteiger partial charge in [-0.25, -0.2) is 4.79 Å². The van der Waals surface area contributed by atoms with Crippen LogP contribution < -0.4 is 0 Å². The topological polar surface area (TPSA) is 87.0 Å². The third kappa shape index (κ3) is 5.86. The predicted octanol–water partition coefficient (Wildman–Crippen LogP) is 3.41. The van der Waals surface area contributed by atoms with Crippen LogP contribution in [0.4, 0.5) is 0 Å². The maximum atomic E-state index is 10.6. The first-order valence-electron chi connectivity index (χ1n) is 9.64. The molecule has 0 radical (unpaired) electrons. The number of rotatable bonds is 10. The molecule has 2 fully saturated rings. The molecule has 2 rings (SSSR count). The van der Waals surface area contributed by atoms with Crippen LogP contribution in [-0.4, -0.2) is 39.6 Å². The van der Waals surface area contributed by atoms with Crippen LogP contribution in [0.1, 0.15) is 64.7 Å². The molecule has 1 aliphatic heterocycles. The Bertz CT molecular complexity index is 484. The minimum absolute atomic E-state index is 0.0559. The summed E-state index contributed by atoms with van der Waals surface area (Å²) in [5, 5.41) is 28.3. The van der Waals surface area contributed by atoms with E-state index in [0.29, 0.717) is 18.8 Å². The quantitative estimate of drug-likeness (QED) is 0.414. The summed E-state index contributed by atoms with van der Waals surface area (Å²) in [4.78, 5) is 10.6. The molecule has 0 aromatic rings. The molecule has 0 spiro atoms. The van der Waals surface area contributed by atoms with Gasteiger partial charge in [0.15, 0.2) is 6.10 Å². The zero-order chi connectivity index (χ0) is 18.2. The second kappa shape index (κ2) is 9.97. The van der Waals surface area contributed by atoms with E-state index >= 15 is 0 Å². The molecule has 3 N–H and O–H groups in total. The number of aliphatic hydroxyl groups excluding tert-OH is 2. The fourth-order valence-electron chi connectivity index (χ4n) is 3.85. The van der Waals surface area contributed by atoms with Gasteiger partial charge in [-0.05, 0) is 31.8 Å². The average Bonchev–Trinajstić information content (AvgIpc) is 3.08. The summed E-state index contributed by atoms with van der Waals surface area (Å²) >= 11 is 0. The van der Waals surface area contributed by atoms with Crippen molar-refractivity contribution >= 4 is 5.97 Å². The normalized spacial score (nSPS) is 31.4. The average molecular weight is 352 g/mol. The molecule has 0 aromatic heterocycles. The fourth-order valence-corrected chi connectivity index (χ4v) is 3.85. The SMILES string of the molecule is CCCCCCC=CC1C(O)CC2OC(=CCCC(O)C(=O)O)CC21. The maximum absolute atomic E-state index is 10.6. The van der Waals surface area contributed by atoms with Crippen molar-refractivity contribution in [3.63, 3.8) is 0 Å². The Hall–Kier alpha value is -1.33. The Balaban J connectivity index is 1.79. The lowest BCUT2D eigenvalue weighted by Crippen LogP contribution is -2.18. The van der Waals surface area contributed by atoms with Gasteiger partial charge in [0.05, 0.1) is 11.9 Å². The molecular formula is C20H32O5. The number of ether oxygens (including phenoxy) is 1. The van der Waals surface area contributed by atoms with Crippen molar-refractivity contribution < 1.29 is 24.9 Å². The molecule has 1 heterocycles. The number of allylic oxidation sites excluding steroid dienone is 3. The van der Waals surface area contributed by atoms with Crippen LogP contribution in [-0.2, 0) is 9.53 Å². The molecule has 2 aliphatic rings. The number of aliphatic carboxylic acids is 1. The van der Waals surface area contributed by atoms with Crippen LogP contribution in [0.2, 0.25) is 0 Å². The van der Waals surface area contributed by atoms with Crippen LogP contribution in [0.3, 0.4) is 0 Å². The molecule has 5 unspecified atom stereocenters. The Morgan fingerprint density at radius 1 is 1.32 bits per heavy atom. The van der Waals surface area contributed by atoms with E-state index in [-0.39, 0.29) is 24.5 Å². The number of aliphatic hydroxyl groups is 2. The second-order valence-electron chi connectivity index (χ2n) is 7.28. The van der Waals surface area contributed by atoms with E-state index in [0.717, 1.165) is 18.6 Å². The smallest absolute Gasteiger partial charge is 0.332 e. The van der Waals surface area contributed by atoms with Gasteiger partial charge in [-0.15, -0.1) is 0 Å². The molecule has 142 valence electrons. The highest BCUT2D eigenvalue weighted by molar-refractivity contribution is 5.71. The highest BCUT2D eigenvalue weighted by Gasteiger charge is 2.46. The van der Waals surface area contributed by atoms with E-state index in [2.05, 4.69) is 19.1 Å². The van der Waals surface area contributed by atoms with Gasteiger partial charge < -0.3 is 20.1 Å². The molecule has 5 atom stereocenters. The van der Waals surface area contributed by atoms with E-state index in [1.807, 2.05) is 6.08 Å². The largest absolute Gasteiger partial charge is 0.495 e. The predicted molar refractivity (Wildman–Crippen MR) is 96.0 cm³/mol. The molecule has 5 nitrogen and oxygen atoms in total. The summed E-state index contributed by atoms with van der Waals surface area (Å²) in [5.41, 5.74) is 0. The summed E-state index contributed by atoms with van der Waals surface area (Å²) < 4.78 is 5.93. The summed E-state index contributed by atoms with van der Waals surface area (Å²) in [6.45, 7) is 2.21. The van der Waals surface area contributed by atoms with Gasteiger partial charge in [-0.1, -0.05) is 38.3 Å². The van der Waals surface area contributed by atoms with Crippen molar-refractivity contribution in [2.45, 2.75) is 83.0 Å². The van der Waals surface area contributed by atoms with Gasteiger partial charge in [0.25, 0.3) is 0 Å². The number of carboxylic acid groups (broad SMARTS) is 1. The van der Waals surface area contributed by atoms with Gasteiger partial charge in [0.1, 0.15) is 6.10 Å². The lowest BCUT2D eigenvalue weighted by atomic mass is 9.90. The number of carbonyl (C=O) groups is 1. The number of carboxylic acids is 1. The van der Waals surface area contributed by atoms with Crippen molar-refractivity contribution in [2.24, 2.45) is 11.8 Å². The van der Waals surface area contributed by atoms with Crippen LogP contribution >= 0.6 is 0 Å². The Kier molecular flexibility index (Phi) is 7.97. The Morgan fingerprint density at radius 2 is 2.12 bits per heavy atom. The van der Waals surface area contributed by atoms with Crippen LogP contribution in [0, 0.1) is 11.8 Å². The minimum atomic E-state index is -1.32. The van der Waals surface area contributed by atoms with Gasteiger partial charge >= 0.3 is 5.97 Å². The number of fused-ring (bicyclic) bond motifs is 1. The minimum Gasteiger partial charge on any atom is -0.495 e. The lowest BCUT2D eigenvalue weighted by Gasteiger charge is -2.15. The van der Waals surface area contributed by atoms with E-state index in [1.54, 1.807) is 0 Å².